The fourth-order valence-corrected chi connectivity index (χ4v) is 2.24. The Bertz CT molecular complexity index is 543. The number of rotatable bonds is 9. The highest BCUT2D eigenvalue weighted by Crippen LogP contribution is 2.07. The van der Waals surface area contributed by atoms with Crippen molar-refractivity contribution in [1.29, 1.82) is 0 Å². The van der Waals surface area contributed by atoms with Gasteiger partial charge in [0.05, 0.1) is 7.11 Å². The predicted octanol–water partition coefficient (Wildman–Crippen LogP) is 1.90. The van der Waals surface area contributed by atoms with E-state index in [0.29, 0.717) is 24.9 Å². The molecule has 0 saturated heterocycles. The van der Waals surface area contributed by atoms with Gasteiger partial charge in [-0.3, -0.25) is 9.59 Å². The first-order valence-electron chi connectivity index (χ1n) is 8.14. The second-order valence-electron chi connectivity index (χ2n) is 6.00. The Balaban J connectivity index is 2.32. The van der Waals surface area contributed by atoms with E-state index in [0.717, 1.165) is 0 Å². The number of benzene rings is 1. The second kappa shape index (κ2) is 10.4. The van der Waals surface area contributed by atoms with Crippen molar-refractivity contribution in [3.8, 4) is 0 Å². The molecule has 2 amide bonds. The molecule has 24 heavy (non-hydrogen) atoms. The quantitative estimate of drug-likeness (QED) is 0.533. The summed E-state index contributed by atoms with van der Waals surface area (Å²) in [6.07, 6.45) is 1.27. The van der Waals surface area contributed by atoms with E-state index in [4.69, 9.17) is 4.74 Å². The van der Waals surface area contributed by atoms with Crippen molar-refractivity contribution >= 4 is 17.8 Å². The van der Waals surface area contributed by atoms with Gasteiger partial charge < -0.3 is 15.4 Å². The number of carbonyl (C=O) groups is 3. The number of ether oxygens (including phenoxy) is 1. The Hall–Kier alpha value is -2.37. The van der Waals surface area contributed by atoms with E-state index >= 15 is 0 Å². The Morgan fingerprint density at radius 3 is 2.38 bits per heavy atom. The van der Waals surface area contributed by atoms with E-state index in [1.807, 2.05) is 19.9 Å². The average molecular weight is 334 g/mol. The largest absolute Gasteiger partial charge is 0.467 e. The molecule has 2 N–H and O–H groups in total. The summed E-state index contributed by atoms with van der Waals surface area (Å²) < 4.78 is 4.71. The van der Waals surface area contributed by atoms with Gasteiger partial charge in [-0.1, -0.05) is 32.0 Å². The van der Waals surface area contributed by atoms with Crippen LogP contribution in [0.4, 0.5) is 0 Å². The highest BCUT2D eigenvalue weighted by atomic mass is 16.5. The van der Waals surface area contributed by atoms with E-state index in [2.05, 4.69) is 10.6 Å². The van der Waals surface area contributed by atoms with Gasteiger partial charge in [0.1, 0.15) is 6.04 Å². The van der Waals surface area contributed by atoms with Crippen LogP contribution >= 0.6 is 0 Å². The van der Waals surface area contributed by atoms with E-state index in [1.54, 1.807) is 24.3 Å². The Morgan fingerprint density at radius 1 is 1.12 bits per heavy atom. The molecule has 0 saturated carbocycles. The topological polar surface area (TPSA) is 84.5 Å². The van der Waals surface area contributed by atoms with E-state index < -0.39 is 12.0 Å². The molecule has 0 unspecified atom stereocenters. The number of esters is 1. The maximum Gasteiger partial charge on any atom is 0.328 e. The number of carbonyl (C=O) groups excluding carboxylic acids is 3. The van der Waals surface area contributed by atoms with Crippen LogP contribution in [0.2, 0.25) is 0 Å². The summed E-state index contributed by atoms with van der Waals surface area (Å²) in [5.41, 5.74) is 0.588. The predicted molar refractivity (Wildman–Crippen MR) is 91.4 cm³/mol. The lowest BCUT2D eigenvalue weighted by atomic mass is 10.0. The standard InChI is InChI=1S/C18H26N2O4/c1-13(2)12-15(18(23)24-3)20-16(21)10-7-11-19-17(22)14-8-5-4-6-9-14/h4-6,8-9,13,15H,7,10-12H2,1-3H3,(H,19,22)(H,20,21)/t15-/m0/s1. The van der Waals surface area contributed by atoms with Gasteiger partial charge >= 0.3 is 5.97 Å². The SMILES string of the molecule is COC(=O)[C@H](CC(C)C)NC(=O)CCCNC(=O)c1ccccc1. The normalized spacial score (nSPS) is 11.7. The monoisotopic (exact) mass is 334 g/mol. The van der Waals surface area contributed by atoms with Crippen molar-refractivity contribution < 1.29 is 19.1 Å². The first-order valence-corrected chi connectivity index (χ1v) is 8.14. The summed E-state index contributed by atoms with van der Waals surface area (Å²) in [7, 11) is 1.31. The summed E-state index contributed by atoms with van der Waals surface area (Å²) in [5, 5.41) is 5.46. The zero-order valence-corrected chi connectivity index (χ0v) is 14.5. The van der Waals surface area contributed by atoms with Crippen molar-refractivity contribution in [3.63, 3.8) is 0 Å². The van der Waals surface area contributed by atoms with Crippen LogP contribution in [-0.4, -0.2) is 37.5 Å². The summed E-state index contributed by atoms with van der Waals surface area (Å²) in [6.45, 7) is 4.34. The maximum absolute atomic E-state index is 11.9. The third-order valence-electron chi connectivity index (χ3n) is 3.43. The summed E-state index contributed by atoms with van der Waals surface area (Å²) in [6, 6.07) is 8.27. The van der Waals surface area contributed by atoms with E-state index in [1.165, 1.54) is 7.11 Å². The molecular weight excluding hydrogens is 308 g/mol. The molecule has 0 bridgehead atoms. The molecule has 0 aliphatic rings. The molecule has 0 fully saturated rings. The lowest BCUT2D eigenvalue weighted by Crippen LogP contribution is -2.42. The third kappa shape index (κ3) is 7.26. The van der Waals surface area contributed by atoms with Crippen molar-refractivity contribution in [2.75, 3.05) is 13.7 Å². The first kappa shape index (κ1) is 19.7. The van der Waals surface area contributed by atoms with Crippen LogP contribution in [-0.2, 0) is 14.3 Å². The van der Waals surface area contributed by atoms with Gasteiger partial charge in [-0.15, -0.1) is 0 Å². The number of hydrogen-bond donors (Lipinski definition) is 2. The van der Waals surface area contributed by atoms with Crippen molar-refractivity contribution in [1.82, 2.24) is 10.6 Å². The van der Waals surface area contributed by atoms with Crippen molar-refractivity contribution in [3.05, 3.63) is 35.9 Å². The first-order chi connectivity index (χ1) is 11.4. The van der Waals surface area contributed by atoms with Gasteiger partial charge in [-0.05, 0) is 30.9 Å². The van der Waals surface area contributed by atoms with Crippen molar-refractivity contribution in [2.24, 2.45) is 5.92 Å². The molecule has 1 rings (SSSR count). The molecule has 6 heteroatoms. The molecule has 132 valence electrons. The zero-order valence-electron chi connectivity index (χ0n) is 14.5. The number of amides is 2. The molecule has 6 nitrogen and oxygen atoms in total. The van der Waals surface area contributed by atoms with Crippen molar-refractivity contribution in [2.45, 2.75) is 39.2 Å². The fourth-order valence-electron chi connectivity index (χ4n) is 2.24. The van der Waals surface area contributed by atoms with Crippen LogP contribution < -0.4 is 10.6 Å². The van der Waals surface area contributed by atoms with E-state index in [-0.39, 0.29) is 24.2 Å². The lowest BCUT2D eigenvalue weighted by molar-refractivity contribution is -0.145. The highest BCUT2D eigenvalue weighted by Gasteiger charge is 2.22. The zero-order chi connectivity index (χ0) is 17.9. The molecule has 0 aliphatic heterocycles. The van der Waals surface area contributed by atoms with Gasteiger partial charge in [0.15, 0.2) is 0 Å². The number of nitrogens with one attached hydrogen (secondary N) is 2. The molecule has 0 aromatic heterocycles. The summed E-state index contributed by atoms with van der Waals surface area (Å²) in [5.74, 6) is -0.558. The fraction of sp³-hybridized carbons (Fsp3) is 0.500. The molecule has 1 aromatic rings. The Morgan fingerprint density at radius 2 is 1.79 bits per heavy atom. The number of methoxy groups -OCH3 is 1. The smallest absolute Gasteiger partial charge is 0.328 e. The van der Waals surface area contributed by atoms with Crippen LogP contribution in [0, 0.1) is 5.92 Å². The number of hydrogen-bond acceptors (Lipinski definition) is 4. The van der Waals surface area contributed by atoms with Gasteiger partial charge in [-0.2, -0.15) is 0 Å². The molecule has 1 atom stereocenters. The molecule has 0 aliphatic carbocycles. The highest BCUT2D eigenvalue weighted by molar-refractivity contribution is 5.94. The molecule has 0 heterocycles. The Kier molecular flexibility index (Phi) is 8.54. The van der Waals surface area contributed by atoms with Crippen LogP contribution in [0.25, 0.3) is 0 Å². The van der Waals surface area contributed by atoms with Gasteiger partial charge in [-0.25, -0.2) is 4.79 Å². The molecular formula is C18H26N2O4. The van der Waals surface area contributed by atoms with Crippen LogP contribution in [0.5, 0.6) is 0 Å². The summed E-state index contributed by atoms with van der Waals surface area (Å²) in [4.78, 5) is 35.4. The van der Waals surface area contributed by atoms with Gasteiger partial charge in [0.2, 0.25) is 5.91 Å². The van der Waals surface area contributed by atoms with E-state index in [9.17, 15) is 14.4 Å². The second-order valence-corrected chi connectivity index (χ2v) is 6.00. The van der Waals surface area contributed by atoms with Crippen LogP contribution in [0.3, 0.4) is 0 Å². The molecule has 0 spiro atoms. The maximum atomic E-state index is 11.9. The average Bonchev–Trinajstić information content (AvgIpc) is 2.57. The third-order valence-corrected chi connectivity index (χ3v) is 3.43. The lowest BCUT2D eigenvalue weighted by Gasteiger charge is -2.18. The molecule has 0 radical (unpaired) electrons. The summed E-state index contributed by atoms with van der Waals surface area (Å²) >= 11 is 0. The van der Waals surface area contributed by atoms with Crippen LogP contribution in [0.1, 0.15) is 43.5 Å². The van der Waals surface area contributed by atoms with Crippen LogP contribution in [0.15, 0.2) is 30.3 Å². The minimum atomic E-state index is -0.624. The Labute approximate surface area is 143 Å². The minimum Gasteiger partial charge on any atom is -0.467 e. The molecule has 1 aromatic carbocycles. The van der Waals surface area contributed by atoms with Gasteiger partial charge in [0, 0.05) is 18.5 Å². The van der Waals surface area contributed by atoms with Gasteiger partial charge in [0.25, 0.3) is 5.91 Å². The minimum absolute atomic E-state index is 0.164.